The van der Waals surface area contributed by atoms with Gasteiger partial charge in [-0.05, 0) is 32.9 Å². The van der Waals surface area contributed by atoms with E-state index in [2.05, 4.69) is 0 Å². The number of para-hydroxylation sites is 1. The standard InChI is InChI=1S/C15H20ClNO3/c1-15(2,3)20-14(18)17-8-11(9-17)10-19-13-7-5-4-6-12(13)16/h4-7,11H,8-10H2,1-3H3. The number of carbonyl (C=O) groups is 1. The molecular formula is C15H20ClNO3. The van der Waals surface area contributed by atoms with Crippen molar-refractivity contribution in [3.8, 4) is 5.75 Å². The highest BCUT2D eigenvalue weighted by atomic mass is 35.5. The van der Waals surface area contributed by atoms with Gasteiger partial charge in [-0.3, -0.25) is 0 Å². The monoisotopic (exact) mass is 297 g/mol. The lowest BCUT2D eigenvalue weighted by Gasteiger charge is -2.39. The zero-order valence-electron chi connectivity index (χ0n) is 12.1. The highest BCUT2D eigenvalue weighted by molar-refractivity contribution is 6.32. The van der Waals surface area contributed by atoms with Crippen LogP contribution < -0.4 is 4.74 Å². The highest BCUT2D eigenvalue weighted by Crippen LogP contribution is 2.25. The Morgan fingerprint density at radius 2 is 2.00 bits per heavy atom. The fourth-order valence-corrected chi connectivity index (χ4v) is 2.11. The molecule has 1 aliphatic heterocycles. The molecular weight excluding hydrogens is 278 g/mol. The summed E-state index contributed by atoms with van der Waals surface area (Å²) in [4.78, 5) is 13.4. The number of likely N-dealkylation sites (tertiary alicyclic amines) is 1. The second-order valence-electron chi connectivity index (χ2n) is 5.99. The van der Waals surface area contributed by atoms with E-state index in [0.717, 1.165) is 0 Å². The largest absolute Gasteiger partial charge is 0.492 e. The summed E-state index contributed by atoms with van der Waals surface area (Å²) in [5, 5.41) is 0.607. The number of ether oxygens (including phenoxy) is 2. The molecule has 0 spiro atoms. The Bertz CT molecular complexity index is 478. The van der Waals surface area contributed by atoms with E-state index in [1.54, 1.807) is 11.0 Å². The van der Waals surface area contributed by atoms with Crippen molar-refractivity contribution >= 4 is 17.7 Å². The van der Waals surface area contributed by atoms with Gasteiger partial charge in [-0.25, -0.2) is 4.79 Å². The second-order valence-corrected chi connectivity index (χ2v) is 6.40. The van der Waals surface area contributed by atoms with E-state index in [9.17, 15) is 4.79 Å². The number of rotatable bonds is 3. The van der Waals surface area contributed by atoms with Gasteiger partial charge in [0.1, 0.15) is 11.4 Å². The maximum Gasteiger partial charge on any atom is 0.410 e. The lowest BCUT2D eigenvalue weighted by Crippen LogP contribution is -2.53. The smallest absolute Gasteiger partial charge is 0.410 e. The molecule has 0 unspecified atom stereocenters. The molecule has 1 amide bonds. The topological polar surface area (TPSA) is 38.8 Å². The minimum absolute atomic E-state index is 0.258. The van der Waals surface area contributed by atoms with Gasteiger partial charge in [-0.1, -0.05) is 23.7 Å². The average Bonchev–Trinajstić information content (AvgIpc) is 2.26. The Balaban J connectivity index is 1.72. The molecule has 110 valence electrons. The third kappa shape index (κ3) is 4.04. The third-order valence-corrected chi connectivity index (χ3v) is 3.23. The van der Waals surface area contributed by atoms with Crippen molar-refractivity contribution in [2.75, 3.05) is 19.7 Å². The van der Waals surface area contributed by atoms with Gasteiger partial charge in [0.15, 0.2) is 0 Å². The maximum atomic E-state index is 11.8. The first-order chi connectivity index (χ1) is 9.35. The lowest BCUT2D eigenvalue weighted by molar-refractivity contribution is -0.00780. The van der Waals surface area contributed by atoms with E-state index < -0.39 is 5.60 Å². The van der Waals surface area contributed by atoms with Gasteiger partial charge < -0.3 is 14.4 Å². The van der Waals surface area contributed by atoms with Crippen LogP contribution in [0, 0.1) is 5.92 Å². The molecule has 1 saturated heterocycles. The summed E-state index contributed by atoms with van der Waals surface area (Å²) in [5.74, 6) is 1.02. The van der Waals surface area contributed by atoms with Crippen molar-refractivity contribution in [1.29, 1.82) is 0 Å². The van der Waals surface area contributed by atoms with Crippen LogP contribution in [0.1, 0.15) is 20.8 Å². The summed E-state index contributed by atoms with van der Waals surface area (Å²) in [6.45, 7) is 7.48. The van der Waals surface area contributed by atoms with Gasteiger partial charge in [0, 0.05) is 19.0 Å². The van der Waals surface area contributed by atoms with Crippen LogP contribution in [0.4, 0.5) is 4.79 Å². The van der Waals surface area contributed by atoms with E-state index in [4.69, 9.17) is 21.1 Å². The zero-order chi connectivity index (χ0) is 14.8. The number of hydrogen-bond donors (Lipinski definition) is 0. The van der Waals surface area contributed by atoms with Gasteiger partial charge in [-0.2, -0.15) is 0 Å². The fourth-order valence-electron chi connectivity index (χ4n) is 1.92. The SMILES string of the molecule is CC(C)(C)OC(=O)N1CC(COc2ccccc2Cl)C1. The molecule has 0 bridgehead atoms. The molecule has 0 aliphatic carbocycles. The Kier molecular flexibility index (Phi) is 4.43. The number of halogens is 1. The van der Waals surface area contributed by atoms with Crippen molar-refractivity contribution in [1.82, 2.24) is 4.90 Å². The van der Waals surface area contributed by atoms with Gasteiger partial charge in [0.2, 0.25) is 0 Å². The second kappa shape index (κ2) is 5.92. The van der Waals surface area contributed by atoms with Crippen LogP contribution in [0.25, 0.3) is 0 Å². The zero-order valence-corrected chi connectivity index (χ0v) is 12.8. The van der Waals surface area contributed by atoms with Gasteiger partial charge in [-0.15, -0.1) is 0 Å². The molecule has 4 nitrogen and oxygen atoms in total. The molecule has 0 aromatic heterocycles. The Hall–Kier alpha value is -1.42. The molecule has 5 heteroatoms. The first kappa shape index (κ1) is 15.0. The normalized spacial score (nSPS) is 15.7. The molecule has 1 aromatic rings. The van der Waals surface area contributed by atoms with Crippen LogP contribution in [-0.2, 0) is 4.74 Å². The molecule has 1 aliphatic rings. The highest BCUT2D eigenvalue weighted by Gasteiger charge is 2.34. The van der Waals surface area contributed by atoms with Crippen LogP contribution in [0.15, 0.2) is 24.3 Å². The van der Waals surface area contributed by atoms with Crippen LogP contribution >= 0.6 is 11.6 Å². The van der Waals surface area contributed by atoms with Crippen LogP contribution in [-0.4, -0.2) is 36.3 Å². The number of hydrogen-bond acceptors (Lipinski definition) is 3. The molecule has 1 aromatic carbocycles. The number of nitrogens with zero attached hydrogens (tertiary/aromatic N) is 1. The Morgan fingerprint density at radius 3 is 2.60 bits per heavy atom. The average molecular weight is 298 g/mol. The van der Waals surface area contributed by atoms with Crippen molar-refractivity contribution < 1.29 is 14.3 Å². The van der Waals surface area contributed by atoms with Crippen LogP contribution in [0.3, 0.4) is 0 Å². The third-order valence-electron chi connectivity index (χ3n) is 2.92. The molecule has 0 saturated carbocycles. The van der Waals surface area contributed by atoms with E-state index in [1.807, 2.05) is 39.0 Å². The minimum atomic E-state index is -0.448. The molecule has 2 rings (SSSR count). The summed E-state index contributed by atoms with van der Waals surface area (Å²) in [7, 11) is 0. The Morgan fingerprint density at radius 1 is 1.35 bits per heavy atom. The van der Waals surface area contributed by atoms with E-state index >= 15 is 0 Å². The molecule has 0 radical (unpaired) electrons. The predicted molar refractivity (Wildman–Crippen MR) is 78.2 cm³/mol. The lowest BCUT2D eigenvalue weighted by atomic mass is 10.0. The van der Waals surface area contributed by atoms with Crippen molar-refractivity contribution in [2.24, 2.45) is 5.92 Å². The number of amides is 1. The summed E-state index contributed by atoms with van der Waals surface area (Å²) in [6.07, 6.45) is -0.258. The molecule has 1 heterocycles. The summed E-state index contributed by atoms with van der Waals surface area (Å²) in [5.41, 5.74) is -0.448. The molecule has 20 heavy (non-hydrogen) atoms. The predicted octanol–water partition coefficient (Wildman–Crippen LogP) is 3.59. The summed E-state index contributed by atoms with van der Waals surface area (Å²) < 4.78 is 11.0. The fraction of sp³-hybridized carbons (Fsp3) is 0.533. The number of carbonyl (C=O) groups excluding carboxylic acids is 1. The van der Waals surface area contributed by atoms with Crippen molar-refractivity contribution in [3.63, 3.8) is 0 Å². The van der Waals surface area contributed by atoms with E-state index in [-0.39, 0.29) is 6.09 Å². The number of benzene rings is 1. The molecule has 0 N–H and O–H groups in total. The van der Waals surface area contributed by atoms with E-state index in [0.29, 0.717) is 36.4 Å². The van der Waals surface area contributed by atoms with Gasteiger partial charge in [0.05, 0.1) is 11.6 Å². The maximum absolute atomic E-state index is 11.8. The Labute approximate surface area is 124 Å². The molecule has 0 atom stereocenters. The minimum Gasteiger partial charge on any atom is -0.492 e. The van der Waals surface area contributed by atoms with Crippen molar-refractivity contribution in [3.05, 3.63) is 29.3 Å². The van der Waals surface area contributed by atoms with Crippen LogP contribution in [0.5, 0.6) is 5.75 Å². The quantitative estimate of drug-likeness (QED) is 0.856. The van der Waals surface area contributed by atoms with Crippen LogP contribution in [0.2, 0.25) is 5.02 Å². The van der Waals surface area contributed by atoms with E-state index in [1.165, 1.54) is 0 Å². The van der Waals surface area contributed by atoms with Gasteiger partial charge in [0.25, 0.3) is 0 Å². The molecule has 1 fully saturated rings. The van der Waals surface area contributed by atoms with Gasteiger partial charge >= 0.3 is 6.09 Å². The summed E-state index contributed by atoms with van der Waals surface area (Å²) in [6, 6.07) is 7.38. The first-order valence-electron chi connectivity index (χ1n) is 6.70. The summed E-state index contributed by atoms with van der Waals surface area (Å²) >= 11 is 6.01. The first-order valence-corrected chi connectivity index (χ1v) is 7.08. The van der Waals surface area contributed by atoms with Crippen molar-refractivity contribution in [2.45, 2.75) is 26.4 Å².